The van der Waals surface area contributed by atoms with Crippen LogP contribution in [0.15, 0.2) is 12.5 Å². The second-order valence-electron chi connectivity index (χ2n) is 8.91. The van der Waals surface area contributed by atoms with Gasteiger partial charge in [0.05, 0.1) is 12.4 Å². The molecule has 0 spiro atoms. The molecule has 0 aliphatic carbocycles. The Kier molecular flexibility index (Phi) is 10.9. The molecule has 2 rings (SSSR count). The highest BCUT2D eigenvalue weighted by Crippen LogP contribution is 2.09. The van der Waals surface area contributed by atoms with Gasteiger partial charge < -0.3 is 37.1 Å². The Hall–Kier alpha value is -2.99. The van der Waals surface area contributed by atoms with Crippen LogP contribution in [0.1, 0.15) is 51.6 Å². The van der Waals surface area contributed by atoms with Crippen molar-refractivity contribution in [3.63, 3.8) is 0 Å². The lowest BCUT2D eigenvalue weighted by atomic mass is 10.0. The van der Waals surface area contributed by atoms with E-state index in [0.717, 1.165) is 13.0 Å². The van der Waals surface area contributed by atoms with Gasteiger partial charge in [0, 0.05) is 18.3 Å². The van der Waals surface area contributed by atoms with E-state index >= 15 is 0 Å². The Morgan fingerprint density at radius 2 is 1.88 bits per heavy atom. The van der Waals surface area contributed by atoms with Crippen molar-refractivity contribution < 1.29 is 24.3 Å². The van der Waals surface area contributed by atoms with Crippen LogP contribution in [0.5, 0.6) is 0 Å². The van der Waals surface area contributed by atoms with Gasteiger partial charge in [0.2, 0.25) is 17.7 Å². The third-order valence-electron chi connectivity index (χ3n) is 5.80. The minimum atomic E-state index is -1.16. The number of imidazole rings is 1. The standard InChI is InChI=1S/C22H37N7O5/c1-13(2)18(22(33)34)29-21(32)17(10-14-11-24-12-26-14)28-20(31)16(6-3-4-8-23)27-19(30)15-7-5-9-25-15/h11-13,15-18,25H,3-10,23H2,1-2H3,(H,24,26)(H,27,30)(H,28,31)(H,29,32)(H,33,34). The molecule has 0 bridgehead atoms. The Balaban J connectivity index is 2.14. The zero-order valence-electron chi connectivity index (χ0n) is 19.8. The molecule has 190 valence electrons. The number of unbranched alkanes of at least 4 members (excludes halogenated alkanes) is 1. The average Bonchev–Trinajstić information content (AvgIpc) is 3.50. The van der Waals surface area contributed by atoms with E-state index in [1.807, 2.05) is 0 Å². The average molecular weight is 480 g/mol. The fourth-order valence-electron chi connectivity index (χ4n) is 3.81. The number of aromatic amines is 1. The van der Waals surface area contributed by atoms with Gasteiger partial charge in [-0.05, 0) is 51.1 Å². The Labute approximate surface area is 199 Å². The summed E-state index contributed by atoms with van der Waals surface area (Å²) < 4.78 is 0. The molecule has 34 heavy (non-hydrogen) atoms. The van der Waals surface area contributed by atoms with Crippen molar-refractivity contribution in [2.24, 2.45) is 11.7 Å². The zero-order chi connectivity index (χ0) is 25.1. The monoisotopic (exact) mass is 479 g/mol. The molecule has 0 saturated carbocycles. The van der Waals surface area contributed by atoms with Gasteiger partial charge in [-0.2, -0.15) is 0 Å². The van der Waals surface area contributed by atoms with Gasteiger partial charge in [-0.1, -0.05) is 13.8 Å². The van der Waals surface area contributed by atoms with E-state index < -0.39 is 35.9 Å². The molecule has 2 heterocycles. The van der Waals surface area contributed by atoms with Gasteiger partial charge >= 0.3 is 5.97 Å². The van der Waals surface area contributed by atoms with E-state index in [1.165, 1.54) is 12.5 Å². The fourth-order valence-corrected chi connectivity index (χ4v) is 3.81. The maximum atomic E-state index is 13.2. The summed E-state index contributed by atoms with van der Waals surface area (Å²) in [4.78, 5) is 57.2. The van der Waals surface area contributed by atoms with Crippen LogP contribution < -0.4 is 27.0 Å². The maximum Gasteiger partial charge on any atom is 0.326 e. The molecule has 1 fully saturated rings. The van der Waals surface area contributed by atoms with E-state index in [0.29, 0.717) is 37.9 Å². The minimum Gasteiger partial charge on any atom is -0.480 e. The molecule has 3 amide bonds. The predicted molar refractivity (Wildman–Crippen MR) is 124 cm³/mol. The number of carboxylic acid groups (broad SMARTS) is 1. The number of hydrogen-bond acceptors (Lipinski definition) is 7. The second kappa shape index (κ2) is 13.7. The molecule has 12 heteroatoms. The summed E-state index contributed by atoms with van der Waals surface area (Å²) in [5.41, 5.74) is 6.17. The van der Waals surface area contributed by atoms with Crippen molar-refractivity contribution in [1.29, 1.82) is 0 Å². The van der Waals surface area contributed by atoms with Crippen molar-refractivity contribution >= 4 is 23.7 Å². The lowest BCUT2D eigenvalue weighted by Crippen LogP contribution is -2.58. The van der Waals surface area contributed by atoms with Crippen molar-refractivity contribution in [3.8, 4) is 0 Å². The topological polar surface area (TPSA) is 191 Å². The SMILES string of the molecule is CC(C)C(NC(=O)C(Cc1cnc[nH]1)NC(=O)C(CCCCN)NC(=O)C1CCCN1)C(=O)O. The molecule has 1 aromatic rings. The van der Waals surface area contributed by atoms with Gasteiger partial charge in [-0.3, -0.25) is 14.4 Å². The Bertz CT molecular complexity index is 809. The first-order chi connectivity index (χ1) is 16.2. The van der Waals surface area contributed by atoms with Crippen molar-refractivity contribution in [2.45, 2.75) is 76.5 Å². The zero-order valence-corrected chi connectivity index (χ0v) is 19.8. The number of rotatable bonds is 14. The molecule has 12 nitrogen and oxygen atoms in total. The number of carbonyl (C=O) groups is 4. The highest BCUT2D eigenvalue weighted by Gasteiger charge is 2.32. The number of carboxylic acids is 1. The first-order valence-corrected chi connectivity index (χ1v) is 11.8. The molecular weight excluding hydrogens is 442 g/mol. The lowest BCUT2D eigenvalue weighted by Gasteiger charge is -2.26. The normalized spacial score (nSPS) is 18.2. The third kappa shape index (κ3) is 8.41. The summed E-state index contributed by atoms with van der Waals surface area (Å²) in [5, 5.41) is 20.6. The van der Waals surface area contributed by atoms with Crippen LogP contribution in [-0.2, 0) is 25.6 Å². The molecule has 1 aliphatic rings. The lowest BCUT2D eigenvalue weighted by molar-refractivity contribution is -0.143. The first-order valence-electron chi connectivity index (χ1n) is 11.8. The summed E-state index contributed by atoms with van der Waals surface area (Å²) >= 11 is 0. The summed E-state index contributed by atoms with van der Waals surface area (Å²) in [7, 11) is 0. The summed E-state index contributed by atoms with van der Waals surface area (Å²) in [6.07, 6.45) is 6.31. The van der Waals surface area contributed by atoms with Gasteiger partial charge in [-0.15, -0.1) is 0 Å². The smallest absolute Gasteiger partial charge is 0.326 e. The van der Waals surface area contributed by atoms with Gasteiger partial charge in [0.15, 0.2) is 0 Å². The molecule has 4 atom stereocenters. The predicted octanol–water partition coefficient (Wildman–Crippen LogP) is -0.972. The van der Waals surface area contributed by atoms with Crippen molar-refractivity contribution in [2.75, 3.05) is 13.1 Å². The molecule has 8 N–H and O–H groups in total. The number of H-pyrrole nitrogens is 1. The number of aromatic nitrogens is 2. The molecule has 4 unspecified atom stereocenters. The Morgan fingerprint density at radius 1 is 1.15 bits per heavy atom. The van der Waals surface area contributed by atoms with Crippen LogP contribution in [0.4, 0.5) is 0 Å². The molecule has 1 aliphatic heterocycles. The van der Waals surface area contributed by atoms with E-state index in [4.69, 9.17) is 5.73 Å². The fraction of sp³-hybridized carbons (Fsp3) is 0.682. The summed E-state index contributed by atoms with van der Waals surface area (Å²) in [5.74, 6) is -2.92. The molecule has 0 radical (unpaired) electrons. The number of nitrogens with zero attached hydrogens (tertiary/aromatic N) is 1. The van der Waals surface area contributed by atoms with Crippen LogP contribution in [-0.4, -0.2) is 76.0 Å². The largest absolute Gasteiger partial charge is 0.480 e. The number of aliphatic carboxylic acids is 1. The van der Waals surface area contributed by atoms with Gasteiger partial charge in [0.25, 0.3) is 0 Å². The number of nitrogens with two attached hydrogens (primary N) is 1. The highest BCUT2D eigenvalue weighted by atomic mass is 16.4. The van der Waals surface area contributed by atoms with Crippen LogP contribution in [0.25, 0.3) is 0 Å². The van der Waals surface area contributed by atoms with Crippen LogP contribution >= 0.6 is 0 Å². The number of nitrogens with one attached hydrogen (secondary N) is 5. The van der Waals surface area contributed by atoms with Crippen molar-refractivity contribution in [1.82, 2.24) is 31.2 Å². The minimum absolute atomic E-state index is 0.0790. The van der Waals surface area contributed by atoms with E-state index in [1.54, 1.807) is 13.8 Å². The van der Waals surface area contributed by atoms with Gasteiger partial charge in [0.1, 0.15) is 18.1 Å². The van der Waals surface area contributed by atoms with Crippen molar-refractivity contribution in [3.05, 3.63) is 18.2 Å². The molecular formula is C22H37N7O5. The first kappa shape index (κ1) is 27.3. The van der Waals surface area contributed by atoms with E-state index in [2.05, 4.69) is 31.2 Å². The summed E-state index contributed by atoms with van der Waals surface area (Å²) in [6, 6.07) is -3.37. The van der Waals surface area contributed by atoms with Gasteiger partial charge in [-0.25, -0.2) is 9.78 Å². The molecule has 1 aromatic heterocycles. The number of hydrogen-bond donors (Lipinski definition) is 7. The number of carbonyl (C=O) groups excluding carboxylic acids is 3. The highest BCUT2D eigenvalue weighted by molar-refractivity contribution is 5.94. The maximum absolute atomic E-state index is 13.2. The third-order valence-corrected chi connectivity index (χ3v) is 5.80. The van der Waals surface area contributed by atoms with E-state index in [9.17, 15) is 24.3 Å². The van der Waals surface area contributed by atoms with Crippen LogP contribution in [0, 0.1) is 5.92 Å². The van der Waals surface area contributed by atoms with Crippen LogP contribution in [0.2, 0.25) is 0 Å². The van der Waals surface area contributed by atoms with Crippen LogP contribution in [0.3, 0.4) is 0 Å². The number of amides is 3. The summed E-state index contributed by atoms with van der Waals surface area (Å²) in [6.45, 7) is 4.57. The quantitative estimate of drug-likeness (QED) is 0.166. The Morgan fingerprint density at radius 3 is 2.44 bits per heavy atom. The van der Waals surface area contributed by atoms with E-state index in [-0.39, 0.29) is 24.3 Å². The molecule has 1 saturated heterocycles. The second-order valence-corrected chi connectivity index (χ2v) is 8.91. The molecule has 0 aromatic carbocycles.